The van der Waals surface area contributed by atoms with Crippen molar-refractivity contribution < 1.29 is 45.9 Å². The number of Topliss-reactive ketones (excluding diaryl/α,β-unsaturated/α-hetero) is 1. The highest BCUT2D eigenvalue weighted by Crippen LogP contribution is 2.34. The Kier molecular flexibility index (Phi) is 12.9. The number of carbonyl (C=O) groups excluding carboxylic acids is 4. The zero-order chi connectivity index (χ0) is 46.0. The number of piperazine rings is 1. The van der Waals surface area contributed by atoms with Gasteiger partial charge in [-0.25, -0.2) is 23.1 Å². The van der Waals surface area contributed by atoms with Gasteiger partial charge in [-0.2, -0.15) is 13.1 Å². The molecule has 8 rings (SSSR count). The number of piperidine rings is 2. The summed E-state index contributed by atoms with van der Waals surface area (Å²) in [5, 5.41) is 20.2. The minimum absolute atomic E-state index is 0.0717. The third kappa shape index (κ3) is 9.79. The van der Waals surface area contributed by atoms with Gasteiger partial charge in [0, 0.05) is 81.1 Å². The average Bonchev–Trinajstić information content (AvgIpc) is 3.73. The monoisotopic (exact) mass is 917 g/mol. The van der Waals surface area contributed by atoms with Crippen LogP contribution in [0.3, 0.4) is 0 Å². The summed E-state index contributed by atoms with van der Waals surface area (Å²) >= 11 is 0. The number of amides is 2. The Bertz CT molecular complexity index is 2770. The highest BCUT2D eigenvalue weighted by molar-refractivity contribution is 7.90. The van der Waals surface area contributed by atoms with Crippen LogP contribution in [-0.4, -0.2) is 114 Å². The summed E-state index contributed by atoms with van der Waals surface area (Å²) in [5.74, 6) is -4.73. The number of carbonyl (C=O) groups is 4. The molecule has 3 saturated heterocycles. The van der Waals surface area contributed by atoms with Crippen LogP contribution in [0.2, 0.25) is 0 Å². The first kappa shape index (κ1) is 45.1. The number of H-pyrrole nitrogens is 1. The molecule has 7 N–H and O–H groups in total. The number of hydrogen-bond donors (Lipinski definition) is 7. The molecule has 0 radical (unpaired) electrons. The Morgan fingerprint density at radius 2 is 1.78 bits per heavy atom. The van der Waals surface area contributed by atoms with Crippen molar-refractivity contribution in [2.45, 2.75) is 63.1 Å². The predicted octanol–water partition coefficient (Wildman–Crippen LogP) is 3.31. The molecule has 22 heteroatoms. The van der Waals surface area contributed by atoms with Crippen molar-refractivity contribution in [1.29, 1.82) is 0 Å². The molecule has 18 nitrogen and oxygen atoms in total. The van der Waals surface area contributed by atoms with Crippen LogP contribution in [0.5, 0.6) is 0 Å². The molecule has 3 aliphatic heterocycles. The number of aromatic nitrogens is 4. The molecule has 0 bridgehead atoms. The second-order valence-electron chi connectivity index (χ2n) is 16.3. The van der Waals surface area contributed by atoms with Gasteiger partial charge in [0.25, 0.3) is 10.2 Å². The van der Waals surface area contributed by atoms with Gasteiger partial charge in [0.2, 0.25) is 17.6 Å². The number of hydrogen-bond acceptors (Lipinski definition) is 14. The molecule has 3 fully saturated rings. The lowest BCUT2D eigenvalue weighted by molar-refractivity contribution is -0.133. The van der Waals surface area contributed by atoms with Crippen molar-refractivity contribution in [2.24, 2.45) is 0 Å². The SMILES string of the molecule is CCCNS(=O)(=O)Nc1ccc(F)c(C(=O)c2c[nH]c3nccc(-c4cnc(N5CCNC(C(=O)CC6(O)CCN(c7ccc(NC8CCC(=O)NC8=O)cc7F)CC6)C5)cn4)c23)c1F. The second kappa shape index (κ2) is 18.5. The van der Waals surface area contributed by atoms with E-state index in [2.05, 4.69) is 40.6 Å². The van der Waals surface area contributed by atoms with Gasteiger partial charge in [0.15, 0.2) is 11.6 Å². The fourth-order valence-electron chi connectivity index (χ4n) is 8.31. The summed E-state index contributed by atoms with van der Waals surface area (Å²) < 4.78 is 75.2. The number of rotatable bonds is 15. The van der Waals surface area contributed by atoms with E-state index in [9.17, 15) is 32.7 Å². The summed E-state index contributed by atoms with van der Waals surface area (Å²) in [4.78, 5) is 71.1. The molecule has 342 valence electrons. The molecule has 0 saturated carbocycles. The number of anilines is 4. The maximum Gasteiger partial charge on any atom is 0.299 e. The van der Waals surface area contributed by atoms with Gasteiger partial charge in [-0.15, -0.1) is 0 Å². The molecule has 65 heavy (non-hydrogen) atoms. The highest BCUT2D eigenvalue weighted by Gasteiger charge is 2.38. The molecule has 0 spiro atoms. The molecule has 3 aliphatic rings. The maximum atomic E-state index is 15.7. The third-order valence-corrected chi connectivity index (χ3v) is 12.9. The number of halogens is 3. The van der Waals surface area contributed by atoms with E-state index in [1.165, 1.54) is 30.9 Å². The molecule has 0 aliphatic carbocycles. The first-order chi connectivity index (χ1) is 31.1. The lowest BCUT2D eigenvalue weighted by atomic mass is 9.84. The van der Waals surface area contributed by atoms with Crippen molar-refractivity contribution in [2.75, 3.05) is 59.1 Å². The maximum absolute atomic E-state index is 15.7. The van der Waals surface area contributed by atoms with E-state index in [0.717, 1.165) is 12.1 Å². The summed E-state index contributed by atoms with van der Waals surface area (Å²) in [5.41, 5.74) is -1.42. The Labute approximate surface area is 371 Å². The van der Waals surface area contributed by atoms with E-state index >= 15 is 13.2 Å². The number of aliphatic hydroxyl groups is 1. The first-order valence-corrected chi connectivity index (χ1v) is 22.6. The minimum Gasteiger partial charge on any atom is -0.389 e. The Balaban J connectivity index is 0.905. The largest absolute Gasteiger partial charge is 0.389 e. The Morgan fingerprint density at radius 3 is 2.51 bits per heavy atom. The predicted molar refractivity (Wildman–Crippen MR) is 234 cm³/mol. The Hall–Kier alpha value is -6.49. The molecule has 2 aromatic carbocycles. The smallest absolute Gasteiger partial charge is 0.299 e. The first-order valence-electron chi connectivity index (χ1n) is 21.1. The van der Waals surface area contributed by atoms with Crippen LogP contribution < -0.4 is 35.2 Å². The second-order valence-corrected chi connectivity index (χ2v) is 17.8. The van der Waals surface area contributed by atoms with E-state index in [4.69, 9.17) is 0 Å². The van der Waals surface area contributed by atoms with E-state index < -0.39 is 68.3 Å². The molecular formula is C43H46F3N11O7S. The van der Waals surface area contributed by atoms with Crippen LogP contribution in [-0.2, 0) is 24.6 Å². The molecular weight excluding hydrogens is 872 g/mol. The average molecular weight is 918 g/mol. The number of aromatic amines is 1. The van der Waals surface area contributed by atoms with Crippen LogP contribution >= 0.6 is 0 Å². The summed E-state index contributed by atoms with van der Waals surface area (Å²) in [7, 11) is -4.21. The van der Waals surface area contributed by atoms with E-state index in [1.54, 1.807) is 30.0 Å². The molecule has 3 aromatic heterocycles. The van der Waals surface area contributed by atoms with Gasteiger partial charge >= 0.3 is 0 Å². The summed E-state index contributed by atoms with van der Waals surface area (Å²) in [6.07, 6.45) is 6.98. The van der Waals surface area contributed by atoms with E-state index in [0.29, 0.717) is 67.5 Å². The van der Waals surface area contributed by atoms with E-state index in [1.807, 2.05) is 9.62 Å². The van der Waals surface area contributed by atoms with Gasteiger partial charge in [-0.05, 0) is 62.1 Å². The lowest BCUT2D eigenvalue weighted by Gasteiger charge is -2.40. The van der Waals surface area contributed by atoms with Gasteiger partial charge in [-0.3, -0.25) is 34.2 Å². The standard InChI is InChI=1S/C43H46F3N11O7S/c1-2-12-52-65(63,64)55-29-5-4-27(44)38(39(29)46)40(60)26-20-51-41-37(26)25(9-13-48-41)31-21-50-35(22-49-31)57-17-14-47-32(23-57)34(58)19-43(62)10-15-56(16-11-43)33-7-3-24(18-28(33)45)53-30-6-8-36(59)54-42(30)61/h3-5,7,9,13,18,20-22,30,32,47,52-53,55,62H,2,6,8,10-12,14-17,19,23H2,1H3,(H,48,51)(H,54,59,61). The van der Waals surface area contributed by atoms with E-state index in [-0.39, 0.29) is 67.1 Å². The lowest BCUT2D eigenvalue weighted by Crippen LogP contribution is -2.56. The summed E-state index contributed by atoms with van der Waals surface area (Å²) in [6.45, 7) is 3.57. The highest BCUT2D eigenvalue weighted by atomic mass is 32.2. The quantitative estimate of drug-likeness (QED) is 0.0589. The number of nitrogens with one attached hydrogen (secondary N) is 6. The molecule has 5 aromatic rings. The zero-order valence-corrected chi connectivity index (χ0v) is 35.9. The number of pyridine rings is 1. The molecule has 6 heterocycles. The topological polar surface area (TPSA) is 244 Å². The number of nitrogens with zero attached hydrogens (tertiary/aromatic N) is 5. The summed E-state index contributed by atoms with van der Waals surface area (Å²) in [6, 6.07) is 6.51. The zero-order valence-electron chi connectivity index (χ0n) is 35.1. The number of benzene rings is 2. The number of fused-ring (bicyclic) bond motifs is 1. The number of imide groups is 1. The van der Waals surface area contributed by atoms with Gasteiger partial charge in [0.1, 0.15) is 29.1 Å². The van der Waals surface area contributed by atoms with Gasteiger partial charge < -0.3 is 30.5 Å². The fourth-order valence-corrected chi connectivity index (χ4v) is 9.30. The normalized spacial score (nSPS) is 19.0. The minimum atomic E-state index is -4.21. The van der Waals surface area contributed by atoms with Crippen LogP contribution in [0.1, 0.15) is 61.4 Å². The van der Waals surface area contributed by atoms with Crippen molar-refractivity contribution in [3.63, 3.8) is 0 Å². The van der Waals surface area contributed by atoms with Crippen LogP contribution in [0.25, 0.3) is 22.3 Å². The van der Waals surface area contributed by atoms with Crippen LogP contribution in [0.15, 0.2) is 61.2 Å². The molecule has 2 unspecified atom stereocenters. The van der Waals surface area contributed by atoms with Crippen molar-refractivity contribution in [3.05, 3.63) is 89.8 Å². The van der Waals surface area contributed by atoms with Crippen molar-refractivity contribution in [1.82, 2.24) is 35.3 Å². The van der Waals surface area contributed by atoms with Crippen molar-refractivity contribution in [3.8, 4) is 11.3 Å². The van der Waals surface area contributed by atoms with Crippen LogP contribution in [0, 0.1) is 17.5 Å². The van der Waals surface area contributed by atoms with Crippen LogP contribution in [0.4, 0.5) is 36.1 Å². The van der Waals surface area contributed by atoms with Gasteiger partial charge in [0.05, 0.1) is 52.2 Å². The molecule has 2 atom stereocenters. The molecule has 2 amide bonds. The third-order valence-electron chi connectivity index (χ3n) is 11.8. The van der Waals surface area contributed by atoms with Crippen molar-refractivity contribution >= 4 is 67.5 Å². The fraction of sp³-hybridized carbons (Fsp3) is 0.372. The van der Waals surface area contributed by atoms with Gasteiger partial charge in [-0.1, -0.05) is 6.92 Å². The number of ketones is 2. The Morgan fingerprint density at radius 1 is 0.985 bits per heavy atom.